The van der Waals surface area contributed by atoms with Crippen LogP contribution in [-0.4, -0.2) is 0 Å². The first kappa shape index (κ1) is 14.5. The monoisotopic (exact) mass is 382 g/mol. The van der Waals surface area contributed by atoms with Crippen LogP contribution in [0.1, 0.15) is 16.0 Å². The van der Waals surface area contributed by atoms with Gasteiger partial charge in [0, 0.05) is 10.0 Å². The third-order valence-corrected chi connectivity index (χ3v) is 4.87. The molecule has 0 nitrogen and oxygen atoms in total. The molecule has 0 aliphatic rings. The molecule has 2 aromatic carbocycles. The molecule has 0 aliphatic carbocycles. The van der Waals surface area contributed by atoms with Gasteiger partial charge in [0.15, 0.2) is 0 Å². The van der Waals surface area contributed by atoms with E-state index in [4.69, 9.17) is 46.4 Å². The second kappa shape index (κ2) is 6.02. The molecular weight excluding hydrogens is 378 g/mol. The van der Waals surface area contributed by atoms with Crippen LogP contribution in [0.4, 0.5) is 0 Å². The molecule has 0 spiro atoms. The number of halogens is 5. The summed E-state index contributed by atoms with van der Waals surface area (Å²) in [5.74, 6) is 0. The quantitative estimate of drug-likeness (QED) is 0.500. The van der Waals surface area contributed by atoms with E-state index in [-0.39, 0.29) is 4.83 Å². The summed E-state index contributed by atoms with van der Waals surface area (Å²) in [6.45, 7) is 0. The van der Waals surface area contributed by atoms with Gasteiger partial charge >= 0.3 is 0 Å². The van der Waals surface area contributed by atoms with Gasteiger partial charge in [-0.25, -0.2) is 0 Å². The predicted molar refractivity (Wildman–Crippen MR) is 83.7 cm³/mol. The first-order valence-electron chi connectivity index (χ1n) is 5.03. The largest absolute Gasteiger partial charge is 0.0843 e. The van der Waals surface area contributed by atoms with Crippen molar-refractivity contribution in [2.45, 2.75) is 4.83 Å². The zero-order chi connectivity index (χ0) is 13.3. The standard InChI is InChI=1S/C13H7BrCl4/c14-12(8-5-4-7(15)6-11(8)17)9-2-1-3-10(16)13(9)18/h1-6,12H. The SMILES string of the molecule is Clc1ccc(C(Br)c2cccc(Cl)c2Cl)c(Cl)c1. The van der Waals surface area contributed by atoms with Crippen LogP contribution in [0.2, 0.25) is 20.1 Å². The highest BCUT2D eigenvalue weighted by atomic mass is 79.9. The number of rotatable bonds is 2. The molecule has 0 aromatic heterocycles. The number of hydrogen-bond acceptors (Lipinski definition) is 0. The van der Waals surface area contributed by atoms with Crippen LogP contribution >= 0.6 is 62.3 Å². The maximum Gasteiger partial charge on any atom is 0.0674 e. The van der Waals surface area contributed by atoms with Crippen molar-refractivity contribution in [2.24, 2.45) is 0 Å². The fourth-order valence-corrected chi connectivity index (χ4v) is 3.57. The first-order chi connectivity index (χ1) is 8.50. The lowest BCUT2D eigenvalue weighted by Gasteiger charge is -2.15. The van der Waals surface area contributed by atoms with E-state index in [1.807, 2.05) is 18.2 Å². The zero-order valence-corrected chi connectivity index (χ0v) is 13.5. The molecule has 0 heterocycles. The fourth-order valence-electron chi connectivity index (χ4n) is 1.59. The highest BCUT2D eigenvalue weighted by Crippen LogP contribution is 2.41. The molecule has 5 heteroatoms. The molecule has 0 radical (unpaired) electrons. The zero-order valence-electron chi connectivity index (χ0n) is 8.93. The van der Waals surface area contributed by atoms with Gasteiger partial charge < -0.3 is 0 Å². The maximum absolute atomic E-state index is 6.19. The van der Waals surface area contributed by atoms with Gasteiger partial charge in [0.25, 0.3) is 0 Å². The molecule has 94 valence electrons. The van der Waals surface area contributed by atoms with Crippen LogP contribution in [0.15, 0.2) is 36.4 Å². The van der Waals surface area contributed by atoms with Gasteiger partial charge in [-0.3, -0.25) is 0 Å². The second-order valence-corrected chi connectivity index (χ2v) is 6.22. The van der Waals surface area contributed by atoms with E-state index in [0.29, 0.717) is 20.1 Å². The van der Waals surface area contributed by atoms with E-state index in [0.717, 1.165) is 11.1 Å². The van der Waals surface area contributed by atoms with Crippen molar-refractivity contribution in [1.29, 1.82) is 0 Å². The highest BCUT2D eigenvalue weighted by molar-refractivity contribution is 9.09. The van der Waals surface area contributed by atoms with Gasteiger partial charge in [-0.2, -0.15) is 0 Å². The van der Waals surface area contributed by atoms with Crippen LogP contribution in [-0.2, 0) is 0 Å². The Bertz CT molecular complexity index is 583. The molecule has 1 atom stereocenters. The lowest BCUT2D eigenvalue weighted by Crippen LogP contribution is -1.95. The smallest absolute Gasteiger partial charge is 0.0674 e. The van der Waals surface area contributed by atoms with Crippen molar-refractivity contribution in [3.05, 3.63) is 67.6 Å². The molecular formula is C13H7BrCl4. The Morgan fingerprint density at radius 3 is 2.22 bits per heavy atom. The van der Waals surface area contributed by atoms with E-state index < -0.39 is 0 Å². The van der Waals surface area contributed by atoms with Gasteiger partial charge in [-0.15, -0.1) is 0 Å². The van der Waals surface area contributed by atoms with E-state index in [2.05, 4.69) is 15.9 Å². The van der Waals surface area contributed by atoms with Gasteiger partial charge in [0.05, 0.1) is 14.9 Å². The average molecular weight is 385 g/mol. The van der Waals surface area contributed by atoms with E-state index in [1.165, 1.54) is 0 Å². The molecule has 0 saturated carbocycles. The number of benzene rings is 2. The van der Waals surface area contributed by atoms with Crippen LogP contribution in [0, 0.1) is 0 Å². The molecule has 0 bridgehead atoms. The lowest BCUT2D eigenvalue weighted by molar-refractivity contribution is 1.18. The predicted octanol–water partition coefficient (Wildman–Crippen LogP) is 6.78. The minimum Gasteiger partial charge on any atom is -0.0843 e. The molecule has 2 rings (SSSR count). The fraction of sp³-hybridized carbons (Fsp3) is 0.0769. The minimum atomic E-state index is -0.131. The molecule has 0 amide bonds. The number of alkyl halides is 1. The summed E-state index contributed by atoms with van der Waals surface area (Å²) in [7, 11) is 0. The topological polar surface area (TPSA) is 0 Å². The summed E-state index contributed by atoms with van der Waals surface area (Å²) in [6, 6.07) is 10.8. The Morgan fingerprint density at radius 2 is 1.56 bits per heavy atom. The molecule has 0 saturated heterocycles. The molecule has 2 aromatic rings. The molecule has 0 aliphatic heterocycles. The average Bonchev–Trinajstić information content (AvgIpc) is 2.32. The number of hydrogen-bond donors (Lipinski definition) is 0. The van der Waals surface area contributed by atoms with Crippen molar-refractivity contribution in [3.63, 3.8) is 0 Å². The van der Waals surface area contributed by atoms with Crippen molar-refractivity contribution < 1.29 is 0 Å². The van der Waals surface area contributed by atoms with E-state index in [9.17, 15) is 0 Å². The maximum atomic E-state index is 6.19. The third kappa shape index (κ3) is 2.97. The van der Waals surface area contributed by atoms with E-state index >= 15 is 0 Å². The minimum absolute atomic E-state index is 0.131. The Morgan fingerprint density at radius 1 is 0.833 bits per heavy atom. The lowest BCUT2D eigenvalue weighted by atomic mass is 10.0. The molecule has 18 heavy (non-hydrogen) atoms. The summed E-state index contributed by atoms with van der Waals surface area (Å²) in [5.41, 5.74) is 1.76. The Labute approximate surface area is 134 Å². The van der Waals surface area contributed by atoms with Crippen LogP contribution < -0.4 is 0 Å². The summed E-state index contributed by atoms with van der Waals surface area (Å²) in [5, 5.41) is 2.22. The normalized spacial score (nSPS) is 12.5. The van der Waals surface area contributed by atoms with Crippen LogP contribution in [0.25, 0.3) is 0 Å². The summed E-state index contributed by atoms with van der Waals surface area (Å²) < 4.78 is 0. The Hall–Kier alpha value is 0.0800. The van der Waals surface area contributed by atoms with Crippen molar-refractivity contribution in [1.82, 2.24) is 0 Å². The summed E-state index contributed by atoms with van der Waals surface area (Å²) in [4.78, 5) is -0.131. The molecule has 0 fully saturated rings. The summed E-state index contributed by atoms with van der Waals surface area (Å²) in [6.07, 6.45) is 0. The van der Waals surface area contributed by atoms with E-state index in [1.54, 1.807) is 18.2 Å². The first-order valence-corrected chi connectivity index (χ1v) is 7.46. The van der Waals surface area contributed by atoms with Gasteiger partial charge in [-0.05, 0) is 29.3 Å². The summed E-state index contributed by atoms with van der Waals surface area (Å²) >= 11 is 27.8. The van der Waals surface area contributed by atoms with Crippen molar-refractivity contribution in [2.75, 3.05) is 0 Å². The second-order valence-electron chi connectivity index (χ2n) is 3.67. The van der Waals surface area contributed by atoms with Crippen LogP contribution in [0.5, 0.6) is 0 Å². The van der Waals surface area contributed by atoms with Gasteiger partial charge in [-0.1, -0.05) is 80.5 Å². The Kier molecular flexibility index (Phi) is 4.85. The third-order valence-electron chi connectivity index (χ3n) is 2.49. The van der Waals surface area contributed by atoms with Gasteiger partial charge in [0.1, 0.15) is 0 Å². The molecule has 0 N–H and O–H groups in total. The molecule has 1 unspecified atom stereocenters. The van der Waals surface area contributed by atoms with Crippen molar-refractivity contribution in [3.8, 4) is 0 Å². The van der Waals surface area contributed by atoms with Crippen LogP contribution in [0.3, 0.4) is 0 Å². The van der Waals surface area contributed by atoms with Gasteiger partial charge in [0.2, 0.25) is 0 Å². The Balaban J connectivity index is 2.48. The highest BCUT2D eigenvalue weighted by Gasteiger charge is 2.18. The van der Waals surface area contributed by atoms with Crippen molar-refractivity contribution >= 4 is 62.3 Å².